The van der Waals surface area contributed by atoms with E-state index in [1.807, 2.05) is 4.90 Å². The van der Waals surface area contributed by atoms with Gasteiger partial charge in [0.15, 0.2) is 18.4 Å². The maximum absolute atomic E-state index is 14.2. The lowest BCUT2D eigenvalue weighted by Gasteiger charge is -2.47. The average molecular weight is 902 g/mol. The number of nitro benzene ring substituents is 1. The fraction of sp³-hybridized carbons (Fsp3) is 0.395. The Bertz CT molecular complexity index is 2580. The van der Waals surface area contributed by atoms with Crippen molar-refractivity contribution < 1.29 is 78.1 Å². The van der Waals surface area contributed by atoms with E-state index in [1.54, 1.807) is 6.92 Å². The molecule has 2 fully saturated rings. The van der Waals surface area contributed by atoms with E-state index in [-0.39, 0.29) is 53.3 Å². The van der Waals surface area contributed by atoms with Crippen molar-refractivity contribution in [3.8, 4) is 17.2 Å². The van der Waals surface area contributed by atoms with E-state index in [0.717, 1.165) is 30.4 Å². The summed E-state index contributed by atoms with van der Waals surface area (Å²) in [5.41, 5.74) is -4.48. The molecule has 1 unspecified atom stereocenters. The maximum atomic E-state index is 14.2. The van der Waals surface area contributed by atoms with Crippen LogP contribution in [0.3, 0.4) is 0 Å². The predicted molar refractivity (Wildman–Crippen MR) is 221 cm³/mol. The highest BCUT2D eigenvalue weighted by Gasteiger charge is 2.50. The van der Waals surface area contributed by atoms with Gasteiger partial charge in [-0.1, -0.05) is 12.1 Å². The second-order valence-corrected chi connectivity index (χ2v) is 16.0. The molecule has 0 aromatic heterocycles. The van der Waals surface area contributed by atoms with Gasteiger partial charge in [0, 0.05) is 80.4 Å². The highest BCUT2D eigenvalue weighted by atomic mass is 16.7. The topological polar surface area (TPSA) is 307 Å². The van der Waals surface area contributed by atoms with Crippen LogP contribution in [0.15, 0.2) is 53.7 Å². The number of phenols is 2. The summed E-state index contributed by atoms with van der Waals surface area (Å²) >= 11 is 0. The number of carbonyl (C=O) groups excluding carboxylic acids is 5. The lowest BCUT2D eigenvalue weighted by Crippen LogP contribution is -2.59. The zero-order valence-electron chi connectivity index (χ0n) is 35.0. The van der Waals surface area contributed by atoms with Gasteiger partial charge in [0.1, 0.15) is 28.4 Å². The molecule has 3 amide bonds. The van der Waals surface area contributed by atoms with Gasteiger partial charge in [-0.05, 0) is 25.1 Å². The zero-order valence-corrected chi connectivity index (χ0v) is 35.0. The molecule has 2 aliphatic carbocycles. The summed E-state index contributed by atoms with van der Waals surface area (Å²) in [5, 5.41) is 74.6. The van der Waals surface area contributed by atoms with E-state index in [2.05, 4.69) is 10.5 Å². The van der Waals surface area contributed by atoms with Gasteiger partial charge >= 0.3 is 0 Å². The number of nitrogens with one attached hydrogen (secondary N) is 1. The third kappa shape index (κ3) is 7.82. The number of phenolic OH excluding ortho intramolecular Hbond substituents is 2. The van der Waals surface area contributed by atoms with Crippen molar-refractivity contribution in [1.29, 1.82) is 0 Å². The number of hydrogen-bond donors (Lipinski definition) is 6. The van der Waals surface area contributed by atoms with E-state index in [4.69, 9.17) is 23.7 Å². The number of morpholine rings is 1. The molecule has 65 heavy (non-hydrogen) atoms. The molecule has 3 heterocycles. The summed E-state index contributed by atoms with van der Waals surface area (Å²) in [6.45, 7) is 1.51. The average Bonchev–Trinajstić information content (AvgIpc) is 3.63. The lowest BCUT2D eigenvalue weighted by atomic mass is 9.71. The van der Waals surface area contributed by atoms with Crippen molar-refractivity contribution in [3.05, 3.63) is 97.6 Å². The van der Waals surface area contributed by atoms with Crippen molar-refractivity contribution in [1.82, 2.24) is 10.3 Å². The van der Waals surface area contributed by atoms with E-state index >= 15 is 0 Å². The van der Waals surface area contributed by atoms with E-state index in [1.165, 1.54) is 32.4 Å². The number of hydrazone groups is 1. The molecule has 342 valence electrons. The highest BCUT2D eigenvalue weighted by molar-refractivity contribution is 6.31. The highest BCUT2D eigenvalue weighted by Crippen LogP contribution is 2.53. The van der Waals surface area contributed by atoms with E-state index < -0.39 is 136 Å². The normalized spacial score (nSPS) is 26.7. The number of rotatable bonds is 11. The summed E-state index contributed by atoms with van der Waals surface area (Å²) in [5.74, 6) is -6.07. The Labute approximate surface area is 368 Å². The van der Waals surface area contributed by atoms with Crippen LogP contribution in [0.25, 0.3) is 0 Å². The molecular weight excluding hydrogens is 858 g/mol. The number of benzene rings is 3. The summed E-state index contributed by atoms with van der Waals surface area (Å²) in [7, 11) is 2.77. The standard InChI is InChI=1S/C43H43N5O17/c1-19-37(52)25(46-11-12-63-32(17-46)62-3)14-31(64-19)65-27-16-43(58,15-23-34(27)41(56)36-35(39(23)54)38(53)21-5-4-6-26(61-2)33(21)40(36)55)28(18-49)44-45-42(57)22-13-20(7-8-24(22)48(59)60)47-29(50)9-10-30(47)51/h4-10,13,19,25,27,31-32,37,49,52,54,56,58H,11-12,14-18H2,1-3H3,(H,45,57)/b44-28+/t19-,25?,27-,31-,32+,37+,43-/m0/s1. The minimum Gasteiger partial charge on any atom is -0.507 e. The number of aliphatic hydroxyl groups is 3. The third-order valence-corrected chi connectivity index (χ3v) is 12.3. The van der Waals surface area contributed by atoms with Crippen molar-refractivity contribution in [3.63, 3.8) is 0 Å². The number of amides is 3. The van der Waals surface area contributed by atoms with Gasteiger partial charge in [-0.15, -0.1) is 0 Å². The first-order chi connectivity index (χ1) is 31.0. The first-order valence-corrected chi connectivity index (χ1v) is 20.3. The Morgan fingerprint density at radius 1 is 1.03 bits per heavy atom. The lowest BCUT2D eigenvalue weighted by molar-refractivity contribution is -0.385. The van der Waals surface area contributed by atoms with Crippen LogP contribution in [0.1, 0.15) is 79.2 Å². The van der Waals surface area contributed by atoms with Crippen molar-refractivity contribution >= 4 is 46.4 Å². The summed E-state index contributed by atoms with van der Waals surface area (Å²) < 4.78 is 29.0. The van der Waals surface area contributed by atoms with E-state index in [0.29, 0.717) is 11.4 Å². The molecule has 2 saturated heterocycles. The molecular formula is C43H43N5O17. The molecule has 6 N–H and O–H groups in total. The van der Waals surface area contributed by atoms with Gasteiger partial charge in [-0.25, -0.2) is 10.3 Å². The Hall–Kier alpha value is -6.50. The number of ketones is 2. The molecule has 8 rings (SSSR count). The van der Waals surface area contributed by atoms with Crippen LogP contribution in [-0.2, 0) is 35.0 Å². The van der Waals surface area contributed by atoms with Crippen LogP contribution >= 0.6 is 0 Å². The van der Waals surface area contributed by atoms with Crippen LogP contribution in [0.5, 0.6) is 17.2 Å². The second kappa shape index (κ2) is 17.5. The monoisotopic (exact) mass is 901 g/mol. The number of carbonyl (C=O) groups is 5. The molecule has 3 aromatic rings. The number of fused-ring (bicyclic) bond motifs is 3. The number of anilines is 1. The number of aromatic hydroxyl groups is 2. The number of nitro groups is 1. The summed E-state index contributed by atoms with van der Waals surface area (Å²) in [6, 6.07) is 6.56. The van der Waals surface area contributed by atoms with Gasteiger partial charge < -0.3 is 49.2 Å². The Morgan fingerprint density at radius 3 is 2.43 bits per heavy atom. The zero-order chi connectivity index (χ0) is 46.6. The molecule has 0 spiro atoms. The SMILES string of the molecule is COc1cccc2c1C(=O)c1c(O)c3c(c(O)c1C2=O)C[C@@](O)(/C(CO)=N/NC(=O)c1cc(N2C(=O)C=CC2=O)ccc1[N+](=O)[O-])C[C@@H]3O[C@H]1CC(N2CCO[C@@H](OC)C2)[C@H](O)[C@H](C)O1. The first-order valence-electron chi connectivity index (χ1n) is 20.3. The number of ether oxygens (including phenoxy) is 5. The van der Waals surface area contributed by atoms with Crippen LogP contribution in [0, 0.1) is 10.1 Å². The van der Waals surface area contributed by atoms with Gasteiger partial charge in [0.05, 0.1) is 71.6 Å². The summed E-state index contributed by atoms with van der Waals surface area (Å²) in [4.78, 5) is 80.4. The Kier molecular flexibility index (Phi) is 12.1. The molecule has 0 radical (unpaired) electrons. The fourth-order valence-electron chi connectivity index (χ4n) is 9.12. The quantitative estimate of drug-likeness (QED) is 0.0401. The van der Waals surface area contributed by atoms with Crippen molar-refractivity contribution in [2.24, 2.45) is 5.10 Å². The molecule has 22 nitrogen and oxygen atoms in total. The van der Waals surface area contributed by atoms with Crippen LogP contribution in [0.4, 0.5) is 11.4 Å². The third-order valence-electron chi connectivity index (χ3n) is 12.3. The molecule has 0 bridgehead atoms. The maximum Gasteiger partial charge on any atom is 0.282 e. The molecule has 3 aliphatic heterocycles. The van der Waals surface area contributed by atoms with Crippen molar-refractivity contribution in [2.45, 2.75) is 68.7 Å². The Morgan fingerprint density at radius 2 is 1.75 bits per heavy atom. The number of nitrogens with zero attached hydrogens (tertiary/aromatic N) is 4. The molecule has 5 aliphatic rings. The molecule has 22 heteroatoms. The van der Waals surface area contributed by atoms with Crippen LogP contribution in [0.2, 0.25) is 0 Å². The number of aliphatic hydroxyl groups excluding tert-OH is 2. The predicted octanol–water partition coefficient (Wildman–Crippen LogP) is 0.902. The Balaban J connectivity index is 1.19. The van der Waals surface area contributed by atoms with Crippen LogP contribution < -0.4 is 15.1 Å². The summed E-state index contributed by atoms with van der Waals surface area (Å²) in [6.07, 6.45) is -4.58. The van der Waals surface area contributed by atoms with Crippen LogP contribution in [-0.4, -0.2) is 147 Å². The minimum absolute atomic E-state index is 0.00537. The minimum atomic E-state index is -2.41. The largest absolute Gasteiger partial charge is 0.507 e. The van der Waals surface area contributed by atoms with Gasteiger partial charge in [0.25, 0.3) is 23.4 Å². The van der Waals surface area contributed by atoms with Gasteiger partial charge in [-0.3, -0.25) is 39.0 Å². The number of imide groups is 1. The fourth-order valence-corrected chi connectivity index (χ4v) is 9.12. The number of hydrogen-bond acceptors (Lipinski definition) is 19. The van der Waals surface area contributed by atoms with Crippen molar-refractivity contribution in [2.75, 3.05) is 45.4 Å². The van der Waals surface area contributed by atoms with Gasteiger partial charge in [-0.2, -0.15) is 5.10 Å². The molecule has 0 saturated carbocycles. The van der Waals surface area contributed by atoms with Gasteiger partial charge in [0.2, 0.25) is 5.78 Å². The van der Waals surface area contributed by atoms with E-state index in [9.17, 15) is 59.6 Å². The second-order valence-electron chi connectivity index (χ2n) is 16.0. The number of methoxy groups -OCH3 is 2. The smallest absolute Gasteiger partial charge is 0.282 e. The molecule has 3 aromatic carbocycles. The first kappa shape index (κ1) is 45.1. The molecule has 7 atom stereocenters.